The van der Waals surface area contributed by atoms with Crippen molar-refractivity contribution in [3.63, 3.8) is 0 Å². The Bertz CT molecular complexity index is 280. The van der Waals surface area contributed by atoms with E-state index in [0.29, 0.717) is 18.4 Å². The second kappa shape index (κ2) is 5.31. The lowest BCUT2D eigenvalue weighted by Gasteiger charge is -2.15. The van der Waals surface area contributed by atoms with Crippen LogP contribution in [0.5, 0.6) is 0 Å². The van der Waals surface area contributed by atoms with Gasteiger partial charge in [0.05, 0.1) is 5.69 Å². The molecule has 0 saturated carbocycles. The van der Waals surface area contributed by atoms with Crippen LogP contribution in [0.2, 0.25) is 0 Å². The smallest absolute Gasteiger partial charge is 0.111 e. The Morgan fingerprint density at radius 2 is 1.93 bits per heavy atom. The topological polar surface area (TPSA) is 54.7 Å². The van der Waals surface area contributed by atoms with E-state index in [2.05, 4.69) is 37.7 Å². The van der Waals surface area contributed by atoms with E-state index in [1.54, 1.807) is 0 Å². The van der Waals surface area contributed by atoms with Crippen LogP contribution in [0, 0.1) is 5.92 Å². The highest BCUT2D eigenvalue weighted by Gasteiger charge is 2.19. The molecular weight excluding hydrogens is 186 g/mol. The fourth-order valence-electron chi connectivity index (χ4n) is 1.93. The summed E-state index contributed by atoms with van der Waals surface area (Å²) in [5.41, 5.74) is 8.26. The maximum absolute atomic E-state index is 5.79. The minimum Gasteiger partial charge on any atom is -0.345 e. The molecule has 1 heterocycles. The Labute approximate surface area is 92.5 Å². The van der Waals surface area contributed by atoms with Gasteiger partial charge in [-0.15, -0.1) is 0 Å². The molecule has 0 bridgehead atoms. The maximum atomic E-state index is 5.79. The zero-order chi connectivity index (χ0) is 11.4. The van der Waals surface area contributed by atoms with Crippen LogP contribution >= 0.6 is 0 Å². The molecule has 3 heteroatoms. The molecule has 0 aliphatic carbocycles. The summed E-state index contributed by atoms with van der Waals surface area (Å²) in [5, 5.41) is 0. The Hall–Kier alpha value is -0.830. The van der Waals surface area contributed by atoms with Crippen molar-refractivity contribution in [3.05, 3.63) is 17.2 Å². The van der Waals surface area contributed by atoms with Crippen molar-refractivity contribution in [2.24, 2.45) is 11.7 Å². The number of nitrogens with zero attached hydrogens (tertiary/aromatic N) is 1. The second-order valence-corrected chi connectivity index (χ2v) is 4.34. The zero-order valence-electron chi connectivity index (χ0n) is 10.3. The van der Waals surface area contributed by atoms with Gasteiger partial charge < -0.3 is 10.7 Å². The monoisotopic (exact) mass is 209 g/mol. The summed E-state index contributed by atoms with van der Waals surface area (Å²) in [6.07, 6.45) is 2.01. The number of aromatic nitrogens is 2. The van der Waals surface area contributed by atoms with Crippen molar-refractivity contribution in [1.82, 2.24) is 9.97 Å². The number of aryl methyl sites for hydroxylation is 2. The first-order chi connectivity index (χ1) is 7.13. The normalized spacial score (nSPS) is 13.5. The van der Waals surface area contributed by atoms with Gasteiger partial charge in [-0.05, 0) is 18.8 Å². The van der Waals surface area contributed by atoms with Crippen molar-refractivity contribution < 1.29 is 0 Å². The summed E-state index contributed by atoms with van der Waals surface area (Å²) in [4.78, 5) is 8.08. The van der Waals surface area contributed by atoms with E-state index < -0.39 is 0 Å². The molecule has 15 heavy (non-hydrogen) atoms. The Morgan fingerprint density at radius 1 is 1.27 bits per heavy atom. The van der Waals surface area contributed by atoms with Crippen molar-refractivity contribution in [2.45, 2.75) is 46.5 Å². The number of nitrogens with one attached hydrogen (secondary N) is 1. The predicted octanol–water partition coefficient (Wildman–Crippen LogP) is 2.23. The van der Waals surface area contributed by atoms with Gasteiger partial charge in [0, 0.05) is 18.2 Å². The molecule has 1 aromatic rings. The molecular formula is C12H23N3. The summed E-state index contributed by atoms with van der Waals surface area (Å²) < 4.78 is 0. The lowest BCUT2D eigenvalue weighted by atomic mass is 9.95. The summed E-state index contributed by atoms with van der Waals surface area (Å²) in [6.45, 7) is 9.35. The first-order valence-corrected chi connectivity index (χ1v) is 5.91. The lowest BCUT2D eigenvalue weighted by Crippen LogP contribution is -2.19. The zero-order valence-corrected chi connectivity index (χ0v) is 10.3. The number of hydrogen-bond acceptors (Lipinski definition) is 2. The molecule has 0 aliphatic rings. The lowest BCUT2D eigenvalue weighted by molar-refractivity contribution is 0.486. The molecule has 86 valence electrons. The molecule has 0 fully saturated rings. The van der Waals surface area contributed by atoms with Crippen LogP contribution in [0.15, 0.2) is 0 Å². The van der Waals surface area contributed by atoms with Gasteiger partial charge in [-0.25, -0.2) is 4.98 Å². The van der Waals surface area contributed by atoms with Crippen LogP contribution in [0.3, 0.4) is 0 Å². The van der Waals surface area contributed by atoms with Crippen molar-refractivity contribution >= 4 is 0 Å². The van der Waals surface area contributed by atoms with E-state index in [0.717, 1.165) is 18.7 Å². The fraction of sp³-hybridized carbons (Fsp3) is 0.750. The van der Waals surface area contributed by atoms with Crippen LogP contribution in [-0.4, -0.2) is 16.5 Å². The van der Waals surface area contributed by atoms with E-state index >= 15 is 0 Å². The van der Waals surface area contributed by atoms with Gasteiger partial charge in [0.2, 0.25) is 0 Å². The molecule has 0 aliphatic heterocycles. The highest BCUT2D eigenvalue weighted by atomic mass is 14.9. The van der Waals surface area contributed by atoms with Gasteiger partial charge in [0.15, 0.2) is 0 Å². The highest BCUT2D eigenvalue weighted by molar-refractivity contribution is 5.17. The number of hydrogen-bond donors (Lipinski definition) is 2. The maximum Gasteiger partial charge on any atom is 0.111 e. The van der Waals surface area contributed by atoms with Gasteiger partial charge in [-0.2, -0.15) is 0 Å². The van der Waals surface area contributed by atoms with Crippen molar-refractivity contribution in [2.75, 3.05) is 6.54 Å². The van der Waals surface area contributed by atoms with E-state index in [-0.39, 0.29) is 0 Å². The first-order valence-electron chi connectivity index (χ1n) is 5.91. The van der Waals surface area contributed by atoms with Gasteiger partial charge in [0.1, 0.15) is 5.82 Å². The molecule has 1 rings (SSSR count). The first kappa shape index (κ1) is 12.2. The number of nitrogens with two attached hydrogens (primary N) is 1. The van der Waals surface area contributed by atoms with E-state index in [1.165, 1.54) is 11.4 Å². The second-order valence-electron chi connectivity index (χ2n) is 4.34. The summed E-state index contributed by atoms with van der Waals surface area (Å²) in [6, 6.07) is 0. The Morgan fingerprint density at radius 3 is 2.27 bits per heavy atom. The quantitative estimate of drug-likeness (QED) is 0.781. The predicted molar refractivity (Wildman–Crippen MR) is 64.0 cm³/mol. The van der Waals surface area contributed by atoms with Crippen molar-refractivity contribution in [3.8, 4) is 0 Å². The summed E-state index contributed by atoms with van der Waals surface area (Å²) >= 11 is 0. The minimum absolute atomic E-state index is 0.357. The third kappa shape index (κ3) is 2.59. The van der Waals surface area contributed by atoms with Crippen LogP contribution in [0.1, 0.15) is 50.8 Å². The minimum atomic E-state index is 0.357. The fourth-order valence-corrected chi connectivity index (χ4v) is 1.93. The van der Waals surface area contributed by atoms with Crippen molar-refractivity contribution in [1.29, 1.82) is 0 Å². The SMILES string of the molecule is CCc1nc(C(CN)C(C)C)[nH]c1CC. The molecule has 0 saturated heterocycles. The average molecular weight is 209 g/mol. The van der Waals surface area contributed by atoms with Gasteiger partial charge in [-0.3, -0.25) is 0 Å². The van der Waals surface area contributed by atoms with Crippen LogP contribution in [-0.2, 0) is 12.8 Å². The largest absolute Gasteiger partial charge is 0.345 e. The van der Waals surface area contributed by atoms with Gasteiger partial charge >= 0.3 is 0 Å². The van der Waals surface area contributed by atoms with Crippen LogP contribution < -0.4 is 5.73 Å². The standard InChI is InChI=1S/C12H23N3/c1-5-10-11(6-2)15-12(14-10)9(7-13)8(3)4/h8-9H,5-7,13H2,1-4H3,(H,14,15). The molecule has 1 unspecified atom stereocenters. The number of aromatic amines is 1. The van der Waals surface area contributed by atoms with Crippen LogP contribution in [0.4, 0.5) is 0 Å². The third-order valence-corrected chi connectivity index (χ3v) is 2.98. The Kier molecular flexibility index (Phi) is 4.33. The Balaban J connectivity index is 2.98. The number of imidazole rings is 1. The van der Waals surface area contributed by atoms with Gasteiger partial charge in [-0.1, -0.05) is 27.7 Å². The molecule has 3 N–H and O–H groups in total. The molecule has 0 amide bonds. The highest BCUT2D eigenvalue weighted by Crippen LogP contribution is 2.22. The van der Waals surface area contributed by atoms with Gasteiger partial charge in [0.25, 0.3) is 0 Å². The molecule has 0 radical (unpaired) electrons. The molecule has 1 aromatic heterocycles. The molecule has 0 aromatic carbocycles. The van der Waals surface area contributed by atoms with E-state index in [4.69, 9.17) is 5.73 Å². The molecule has 0 spiro atoms. The molecule has 1 atom stereocenters. The van der Waals surface area contributed by atoms with E-state index in [9.17, 15) is 0 Å². The van der Waals surface area contributed by atoms with Crippen LogP contribution in [0.25, 0.3) is 0 Å². The summed E-state index contributed by atoms with van der Waals surface area (Å²) in [7, 11) is 0. The number of H-pyrrole nitrogens is 1. The average Bonchev–Trinajstić information content (AvgIpc) is 2.61. The van der Waals surface area contributed by atoms with E-state index in [1.807, 2.05) is 0 Å². The summed E-state index contributed by atoms with van der Waals surface area (Å²) in [5.74, 6) is 1.97. The number of rotatable bonds is 5. The molecule has 3 nitrogen and oxygen atoms in total. The third-order valence-electron chi connectivity index (χ3n) is 2.98.